The van der Waals surface area contributed by atoms with E-state index in [1.165, 1.54) is 0 Å². The Bertz CT molecular complexity index is 823. The summed E-state index contributed by atoms with van der Waals surface area (Å²) in [6.07, 6.45) is 2.60. The molecular weight excluding hydrogens is 410 g/mol. The second-order valence-electron chi connectivity index (χ2n) is 9.04. The van der Waals surface area contributed by atoms with Crippen LogP contribution in [0.5, 0.6) is 0 Å². The fourth-order valence-electron chi connectivity index (χ4n) is 5.11. The number of piperazine rings is 1. The molecule has 1 aromatic rings. The van der Waals surface area contributed by atoms with Crippen molar-refractivity contribution in [3.8, 4) is 0 Å². The summed E-state index contributed by atoms with van der Waals surface area (Å²) in [5.41, 5.74) is 2.90. The van der Waals surface area contributed by atoms with Gasteiger partial charge in [0, 0.05) is 64.0 Å². The minimum absolute atomic E-state index is 0.0220. The lowest BCUT2D eigenvalue weighted by Crippen LogP contribution is -2.56. The first-order valence-electron chi connectivity index (χ1n) is 11.5. The predicted molar refractivity (Wildman–Crippen MR) is 119 cm³/mol. The van der Waals surface area contributed by atoms with Crippen LogP contribution in [0.4, 0.5) is 10.5 Å². The highest BCUT2D eigenvalue weighted by molar-refractivity contribution is 5.88. The first kappa shape index (κ1) is 22.4. The van der Waals surface area contributed by atoms with Crippen LogP contribution in [0.15, 0.2) is 30.3 Å². The van der Waals surface area contributed by atoms with Gasteiger partial charge in [-0.1, -0.05) is 18.2 Å². The summed E-state index contributed by atoms with van der Waals surface area (Å²) in [5, 5.41) is 9.31. The molecule has 1 saturated carbocycles. The van der Waals surface area contributed by atoms with E-state index in [1.54, 1.807) is 22.3 Å². The molecule has 2 saturated heterocycles. The van der Waals surface area contributed by atoms with Crippen molar-refractivity contribution in [2.75, 3.05) is 51.2 Å². The second kappa shape index (κ2) is 9.77. The number of hydroxylamine groups is 1. The molecule has 0 unspecified atom stereocenters. The monoisotopic (exact) mass is 443 g/mol. The first-order valence-corrected chi connectivity index (χ1v) is 11.5. The third-order valence-electron chi connectivity index (χ3n) is 7.28. The van der Waals surface area contributed by atoms with E-state index in [1.807, 2.05) is 23.1 Å². The van der Waals surface area contributed by atoms with Gasteiger partial charge in [-0.05, 0) is 37.8 Å². The zero-order chi connectivity index (χ0) is 22.7. The van der Waals surface area contributed by atoms with Gasteiger partial charge in [0.1, 0.15) is 0 Å². The van der Waals surface area contributed by atoms with Gasteiger partial charge in [0.25, 0.3) is 0 Å². The molecule has 9 heteroatoms. The van der Waals surface area contributed by atoms with Crippen molar-refractivity contribution >= 4 is 23.5 Å². The number of hydrogen-bond acceptors (Lipinski definition) is 5. The minimum atomic E-state index is -0.648. The molecule has 0 radical (unpaired) electrons. The number of urea groups is 1. The summed E-state index contributed by atoms with van der Waals surface area (Å²) in [6, 6.07) is 9.99. The standard InChI is InChI=1S/C23H33N5O4/c1-25(23(31)28-10-5-11-28)18-8-9-19(20(16-18)21(29)24-32)22(30)27-14-12-26(13-15-27)17-6-3-2-4-7-17/h2-4,6-7,18-20,32H,5,8-16H2,1H3,(H,24,29)/t18-,19+,20+/m1/s1. The van der Waals surface area contributed by atoms with Crippen molar-refractivity contribution in [1.29, 1.82) is 0 Å². The van der Waals surface area contributed by atoms with Gasteiger partial charge in [-0.2, -0.15) is 0 Å². The number of amides is 4. The number of nitrogens with zero attached hydrogens (tertiary/aromatic N) is 4. The molecular formula is C23H33N5O4. The van der Waals surface area contributed by atoms with Crippen LogP contribution in [-0.2, 0) is 9.59 Å². The first-order chi connectivity index (χ1) is 15.5. The van der Waals surface area contributed by atoms with Crippen LogP contribution < -0.4 is 10.4 Å². The number of hydrogen-bond donors (Lipinski definition) is 2. The molecule has 1 aromatic carbocycles. The summed E-state index contributed by atoms with van der Waals surface area (Å²) in [7, 11) is 1.77. The van der Waals surface area contributed by atoms with Crippen LogP contribution in [0.2, 0.25) is 0 Å². The molecule has 0 aromatic heterocycles. The molecule has 32 heavy (non-hydrogen) atoms. The molecule has 2 aliphatic heterocycles. The van der Waals surface area contributed by atoms with Crippen molar-refractivity contribution in [1.82, 2.24) is 20.2 Å². The van der Waals surface area contributed by atoms with Crippen molar-refractivity contribution in [3.63, 3.8) is 0 Å². The van der Waals surface area contributed by atoms with E-state index < -0.39 is 17.7 Å². The molecule has 4 amide bonds. The van der Waals surface area contributed by atoms with E-state index >= 15 is 0 Å². The summed E-state index contributed by atoms with van der Waals surface area (Å²) < 4.78 is 0. The summed E-state index contributed by atoms with van der Waals surface area (Å²) in [5.74, 6) is -1.69. The van der Waals surface area contributed by atoms with E-state index in [4.69, 9.17) is 0 Å². The van der Waals surface area contributed by atoms with Crippen LogP contribution in [-0.4, -0.2) is 90.1 Å². The van der Waals surface area contributed by atoms with Crippen molar-refractivity contribution in [2.24, 2.45) is 11.8 Å². The molecule has 3 fully saturated rings. The maximum absolute atomic E-state index is 13.4. The highest BCUT2D eigenvalue weighted by atomic mass is 16.5. The Balaban J connectivity index is 1.38. The number of para-hydroxylation sites is 1. The molecule has 174 valence electrons. The van der Waals surface area contributed by atoms with Gasteiger partial charge in [-0.3, -0.25) is 14.8 Å². The third-order valence-corrected chi connectivity index (χ3v) is 7.28. The fraction of sp³-hybridized carbons (Fsp3) is 0.609. The summed E-state index contributed by atoms with van der Waals surface area (Å²) in [4.78, 5) is 46.1. The average Bonchev–Trinajstić information content (AvgIpc) is 2.81. The number of rotatable bonds is 4. The summed E-state index contributed by atoms with van der Waals surface area (Å²) in [6.45, 7) is 4.24. The molecule has 1 aliphatic carbocycles. The molecule has 3 atom stereocenters. The SMILES string of the molecule is CN(C(=O)N1CCC1)[C@@H]1CC[C@H](C(=O)N2CCN(c3ccccc3)CC2)[C@@H](C(=O)NO)C1. The molecule has 0 bridgehead atoms. The Kier molecular flexibility index (Phi) is 6.83. The molecule has 9 nitrogen and oxygen atoms in total. The number of anilines is 1. The van der Waals surface area contributed by atoms with Crippen LogP contribution in [0.1, 0.15) is 25.7 Å². The quantitative estimate of drug-likeness (QED) is 0.542. The Morgan fingerprint density at radius 1 is 0.938 bits per heavy atom. The Morgan fingerprint density at radius 2 is 1.62 bits per heavy atom. The normalized spacial score (nSPS) is 25.7. The number of carbonyl (C=O) groups excluding carboxylic acids is 3. The molecule has 3 aliphatic rings. The lowest BCUT2D eigenvalue weighted by molar-refractivity contribution is -0.148. The highest BCUT2D eigenvalue weighted by Gasteiger charge is 2.43. The van der Waals surface area contributed by atoms with E-state index in [9.17, 15) is 19.6 Å². The second-order valence-corrected chi connectivity index (χ2v) is 9.04. The zero-order valence-corrected chi connectivity index (χ0v) is 18.7. The third kappa shape index (κ3) is 4.53. The van der Waals surface area contributed by atoms with Crippen molar-refractivity contribution in [2.45, 2.75) is 31.7 Å². The smallest absolute Gasteiger partial charge is 0.319 e. The van der Waals surface area contributed by atoms with E-state index in [0.29, 0.717) is 32.4 Å². The number of carbonyl (C=O) groups is 3. The number of likely N-dealkylation sites (tertiary alicyclic amines) is 1. The van der Waals surface area contributed by atoms with E-state index in [0.717, 1.165) is 38.3 Å². The number of nitrogens with one attached hydrogen (secondary N) is 1. The van der Waals surface area contributed by atoms with E-state index in [-0.39, 0.29) is 18.0 Å². The van der Waals surface area contributed by atoms with Gasteiger partial charge in [-0.25, -0.2) is 10.3 Å². The van der Waals surface area contributed by atoms with Crippen LogP contribution >= 0.6 is 0 Å². The zero-order valence-electron chi connectivity index (χ0n) is 18.7. The molecule has 2 N–H and O–H groups in total. The maximum atomic E-state index is 13.4. The average molecular weight is 444 g/mol. The molecule has 2 heterocycles. The van der Waals surface area contributed by atoms with E-state index in [2.05, 4.69) is 17.0 Å². The summed E-state index contributed by atoms with van der Waals surface area (Å²) >= 11 is 0. The van der Waals surface area contributed by atoms with Crippen LogP contribution in [0.3, 0.4) is 0 Å². The fourth-order valence-corrected chi connectivity index (χ4v) is 5.11. The topological polar surface area (TPSA) is 96.4 Å². The predicted octanol–water partition coefficient (Wildman–Crippen LogP) is 1.38. The lowest BCUT2D eigenvalue weighted by Gasteiger charge is -2.43. The van der Waals surface area contributed by atoms with Gasteiger partial charge in [-0.15, -0.1) is 0 Å². The Hall–Kier alpha value is -2.81. The Morgan fingerprint density at radius 3 is 2.22 bits per heavy atom. The van der Waals surface area contributed by atoms with Crippen molar-refractivity contribution in [3.05, 3.63) is 30.3 Å². The van der Waals surface area contributed by atoms with Crippen LogP contribution in [0.25, 0.3) is 0 Å². The molecule has 4 rings (SSSR count). The largest absolute Gasteiger partial charge is 0.368 e. The maximum Gasteiger partial charge on any atom is 0.319 e. The van der Waals surface area contributed by atoms with Gasteiger partial charge < -0.3 is 19.6 Å². The Labute approximate surface area is 188 Å². The van der Waals surface area contributed by atoms with Crippen molar-refractivity contribution < 1.29 is 19.6 Å². The van der Waals surface area contributed by atoms with Gasteiger partial charge in [0.2, 0.25) is 11.8 Å². The minimum Gasteiger partial charge on any atom is -0.368 e. The van der Waals surface area contributed by atoms with Gasteiger partial charge >= 0.3 is 6.03 Å². The van der Waals surface area contributed by atoms with Crippen LogP contribution in [0, 0.1) is 11.8 Å². The molecule has 0 spiro atoms. The number of benzene rings is 1. The van der Waals surface area contributed by atoms with Gasteiger partial charge in [0.15, 0.2) is 0 Å². The van der Waals surface area contributed by atoms with Gasteiger partial charge in [0.05, 0.1) is 5.92 Å². The lowest BCUT2D eigenvalue weighted by atomic mass is 9.75. The highest BCUT2D eigenvalue weighted by Crippen LogP contribution is 2.35.